The van der Waals surface area contributed by atoms with Crippen LogP contribution in [-0.4, -0.2) is 14.8 Å². The fourth-order valence-electron chi connectivity index (χ4n) is 1.82. The summed E-state index contributed by atoms with van der Waals surface area (Å²) in [5.74, 6) is 0. The van der Waals surface area contributed by atoms with Crippen molar-refractivity contribution in [2.24, 2.45) is 7.05 Å². The third-order valence-corrected chi connectivity index (χ3v) is 2.85. The van der Waals surface area contributed by atoms with Crippen molar-refractivity contribution in [3.63, 3.8) is 0 Å². The fraction of sp³-hybridized carbons (Fsp3) is 0.385. The van der Waals surface area contributed by atoms with Crippen LogP contribution in [0.5, 0.6) is 0 Å². The Bertz CT molecular complexity index is 475. The van der Waals surface area contributed by atoms with Crippen molar-refractivity contribution in [2.75, 3.05) is 0 Å². The number of aromatic nitrogens is 3. The number of rotatable bonds is 4. The van der Waals surface area contributed by atoms with Crippen LogP contribution < -0.4 is 5.32 Å². The summed E-state index contributed by atoms with van der Waals surface area (Å²) in [5.41, 5.74) is 3.37. The highest BCUT2D eigenvalue weighted by Crippen LogP contribution is 2.10. The number of nitrogens with zero attached hydrogens (tertiary/aromatic N) is 3. The average Bonchev–Trinajstić information content (AvgIpc) is 2.66. The molecule has 0 spiro atoms. The summed E-state index contributed by atoms with van der Waals surface area (Å²) in [5, 5.41) is 7.78. The van der Waals surface area contributed by atoms with Gasteiger partial charge in [-0.2, -0.15) is 5.10 Å². The summed E-state index contributed by atoms with van der Waals surface area (Å²) in [6.07, 6.45) is 3.87. The van der Waals surface area contributed by atoms with Crippen molar-refractivity contribution >= 4 is 0 Å². The summed E-state index contributed by atoms with van der Waals surface area (Å²) >= 11 is 0. The van der Waals surface area contributed by atoms with Crippen LogP contribution in [0.1, 0.15) is 29.9 Å². The molecule has 2 aromatic rings. The van der Waals surface area contributed by atoms with E-state index in [1.165, 1.54) is 5.56 Å². The summed E-state index contributed by atoms with van der Waals surface area (Å²) < 4.78 is 1.85. The Morgan fingerprint density at radius 2 is 2.24 bits per heavy atom. The maximum absolute atomic E-state index is 4.34. The highest BCUT2D eigenvalue weighted by atomic mass is 15.2. The predicted molar refractivity (Wildman–Crippen MR) is 67.4 cm³/mol. The Morgan fingerprint density at radius 3 is 2.82 bits per heavy atom. The van der Waals surface area contributed by atoms with E-state index in [0.29, 0.717) is 0 Å². The second-order valence-corrected chi connectivity index (χ2v) is 4.27. The number of pyridine rings is 1. The van der Waals surface area contributed by atoms with Crippen LogP contribution in [-0.2, 0) is 13.6 Å². The molecule has 4 nitrogen and oxygen atoms in total. The first kappa shape index (κ1) is 11.8. The first-order valence-corrected chi connectivity index (χ1v) is 5.80. The molecule has 2 rings (SSSR count). The zero-order valence-electron chi connectivity index (χ0n) is 10.5. The Balaban J connectivity index is 1.97. The van der Waals surface area contributed by atoms with Crippen LogP contribution >= 0.6 is 0 Å². The van der Waals surface area contributed by atoms with E-state index >= 15 is 0 Å². The van der Waals surface area contributed by atoms with Gasteiger partial charge in [-0.15, -0.1) is 0 Å². The van der Waals surface area contributed by atoms with Gasteiger partial charge < -0.3 is 5.32 Å². The molecule has 0 aliphatic carbocycles. The average molecular weight is 230 g/mol. The maximum Gasteiger partial charge on any atom is 0.0638 e. The van der Waals surface area contributed by atoms with E-state index in [1.807, 2.05) is 49.2 Å². The Kier molecular flexibility index (Phi) is 3.54. The van der Waals surface area contributed by atoms with Crippen molar-refractivity contribution in [3.8, 4) is 0 Å². The standard InChI is InChI=1S/C13H18N4/c1-10-12(9-17(3)16-10)8-15-11(2)13-6-4-5-7-14-13/h4-7,9,11,15H,8H2,1-3H3/t11-/m0/s1. The number of aryl methyl sites for hydroxylation is 2. The SMILES string of the molecule is Cc1nn(C)cc1CN[C@@H](C)c1ccccn1. The van der Waals surface area contributed by atoms with Gasteiger partial charge in [-0.3, -0.25) is 9.67 Å². The van der Waals surface area contributed by atoms with Crippen molar-refractivity contribution in [2.45, 2.75) is 26.4 Å². The van der Waals surface area contributed by atoms with Gasteiger partial charge in [-0.05, 0) is 26.0 Å². The quantitative estimate of drug-likeness (QED) is 0.873. The van der Waals surface area contributed by atoms with Crippen LogP contribution in [0.25, 0.3) is 0 Å². The van der Waals surface area contributed by atoms with Crippen LogP contribution in [0.15, 0.2) is 30.6 Å². The van der Waals surface area contributed by atoms with E-state index in [-0.39, 0.29) is 6.04 Å². The summed E-state index contributed by atoms with van der Waals surface area (Å²) in [6.45, 7) is 4.97. The summed E-state index contributed by atoms with van der Waals surface area (Å²) in [7, 11) is 1.94. The lowest BCUT2D eigenvalue weighted by atomic mass is 10.2. The van der Waals surface area contributed by atoms with E-state index in [9.17, 15) is 0 Å². The minimum atomic E-state index is 0.246. The molecule has 0 fully saturated rings. The van der Waals surface area contributed by atoms with Crippen molar-refractivity contribution in [3.05, 3.63) is 47.5 Å². The van der Waals surface area contributed by atoms with Crippen LogP contribution in [0.2, 0.25) is 0 Å². The molecule has 0 saturated carbocycles. The van der Waals surface area contributed by atoms with Gasteiger partial charge in [0.25, 0.3) is 0 Å². The molecule has 90 valence electrons. The Hall–Kier alpha value is -1.68. The van der Waals surface area contributed by atoms with Crippen LogP contribution in [0, 0.1) is 6.92 Å². The molecule has 0 amide bonds. The lowest BCUT2D eigenvalue weighted by molar-refractivity contribution is 0.560. The number of hydrogen-bond acceptors (Lipinski definition) is 3. The molecular weight excluding hydrogens is 212 g/mol. The van der Waals surface area contributed by atoms with E-state index in [0.717, 1.165) is 17.9 Å². The largest absolute Gasteiger partial charge is 0.305 e. The molecule has 4 heteroatoms. The van der Waals surface area contributed by atoms with Gasteiger partial charge in [-0.25, -0.2) is 0 Å². The van der Waals surface area contributed by atoms with Crippen LogP contribution in [0.4, 0.5) is 0 Å². The van der Waals surface area contributed by atoms with E-state index in [2.05, 4.69) is 22.3 Å². The molecule has 1 atom stereocenters. The zero-order chi connectivity index (χ0) is 12.3. The molecule has 0 unspecified atom stereocenters. The number of nitrogens with one attached hydrogen (secondary N) is 1. The topological polar surface area (TPSA) is 42.7 Å². The Labute approximate surface area is 102 Å². The van der Waals surface area contributed by atoms with Gasteiger partial charge in [0, 0.05) is 37.6 Å². The smallest absolute Gasteiger partial charge is 0.0638 e. The third-order valence-electron chi connectivity index (χ3n) is 2.85. The maximum atomic E-state index is 4.34. The monoisotopic (exact) mass is 230 g/mol. The molecular formula is C13H18N4. The normalized spacial score (nSPS) is 12.6. The second-order valence-electron chi connectivity index (χ2n) is 4.27. The first-order chi connectivity index (χ1) is 8.16. The molecule has 2 aromatic heterocycles. The zero-order valence-corrected chi connectivity index (χ0v) is 10.5. The van der Waals surface area contributed by atoms with Gasteiger partial charge in [0.05, 0.1) is 11.4 Å². The predicted octanol–water partition coefficient (Wildman–Crippen LogP) is 1.97. The number of hydrogen-bond donors (Lipinski definition) is 1. The molecule has 0 aliphatic heterocycles. The van der Waals surface area contributed by atoms with Crippen molar-refractivity contribution in [1.29, 1.82) is 0 Å². The van der Waals surface area contributed by atoms with E-state index in [1.54, 1.807) is 0 Å². The first-order valence-electron chi connectivity index (χ1n) is 5.80. The van der Waals surface area contributed by atoms with Gasteiger partial charge >= 0.3 is 0 Å². The van der Waals surface area contributed by atoms with E-state index in [4.69, 9.17) is 0 Å². The molecule has 0 bridgehead atoms. The summed E-state index contributed by atoms with van der Waals surface area (Å²) in [4.78, 5) is 4.34. The van der Waals surface area contributed by atoms with Crippen molar-refractivity contribution in [1.82, 2.24) is 20.1 Å². The highest BCUT2D eigenvalue weighted by Gasteiger charge is 2.07. The molecule has 2 heterocycles. The lowest BCUT2D eigenvalue weighted by Crippen LogP contribution is -2.19. The van der Waals surface area contributed by atoms with Gasteiger partial charge in [-0.1, -0.05) is 6.07 Å². The van der Waals surface area contributed by atoms with Gasteiger partial charge in [0.2, 0.25) is 0 Å². The molecule has 1 N–H and O–H groups in total. The Morgan fingerprint density at radius 1 is 1.41 bits per heavy atom. The van der Waals surface area contributed by atoms with Gasteiger partial charge in [0.15, 0.2) is 0 Å². The van der Waals surface area contributed by atoms with Crippen molar-refractivity contribution < 1.29 is 0 Å². The molecule has 0 aliphatic rings. The second kappa shape index (κ2) is 5.10. The van der Waals surface area contributed by atoms with Crippen LogP contribution in [0.3, 0.4) is 0 Å². The molecule has 0 radical (unpaired) electrons. The minimum absolute atomic E-state index is 0.246. The lowest BCUT2D eigenvalue weighted by Gasteiger charge is -2.12. The molecule has 17 heavy (non-hydrogen) atoms. The minimum Gasteiger partial charge on any atom is -0.305 e. The molecule has 0 saturated heterocycles. The highest BCUT2D eigenvalue weighted by molar-refractivity contribution is 5.15. The fourth-order valence-corrected chi connectivity index (χ4v) is 1.82. The van der Waals surface area contributed by atoms with Gasteiger partial charge in [0.1, 0.15) is 0 Å². The third kappa shape index (κ3) is 2.91. The van der Waals surface area contributed by atoms with E-state index < -0.39 is 0 Å². The molecule has 0 aromatic carbocycles. The summed E-state index contributed by atoms with van der Waals surface area (Å²) in [6, 6.07) is 6.22.